The Morgan fingerprint density at radius 2 is 1.85 bits per heavy atom. The molecule has 4 nitrogen and oxygen atoms in total. The molecule has 4 heteroatoms. The number of piperidine rings is 1. The second kappa shape index (κ2) is 5.64. The standard InChI is InChI=1S/C16H28N2O2/c1-20-13-16(4-5-16)14(19)18-11-2-3-15(8-12-18)6-9-17-10-7-15/h17H,2-13H2,1H3. The molecule has 0 aromatic rings. The molecule has 1 N–H and O–H groups in total. The van der Waals surface area contributed by atoms with Gasteiger partial charge in [0.25, 0.3) is 0 Å². The number of hydrogen-bond acceptors (Lipinski definition) is 3. The molecule has 3 fully saturated rings. The lowest BCUT2D eigenvalue weighted by molar-refractivity contribution is -0.139. The van der Waals surface area contributed by atoms with Gasteiger partial charge < -0.3 is 15.0 Å². The molecule has 1 amide bonds. The summed E-state index contributed by atoms with van der Waals surface area (Å²) in [5.74, 6) is 0.366. The van der Waals surface area contributed by atoms with Crippen molar-refractivity contribution >= 4 is 5.91 Å². The van der Waals surface area contributed by atoms with Crippen molar-refractivity contribution in [2.24, 2.45) is 10.8 Å². The Kier molecular flexibility index (Phi) is 4.04. The van der Waals surface area contributed by atoms with Crippen LogP contribution in [0.2, 0.25) is 0 Å². The molecule has 0 aromatic carbocycles. The molecular formula is C16H28N2O2. The maximum absolute atomic E-state index is 12.7. The van der Waals surface area contributed by atoms with Gasteiger partial charge in [-0.05, 0) is 63.5 Å². The highest BCUT2D eigenvalue weighted by atomic mass is 16.5. The summed E-state index contributed by atoms with van der Waals surface area (Å²) in [6, 6.07) is 0. The summed E-state index contributed by atoms with van der Waals surface area (Å²) in [5.41, 5.74) is 0.360. The minimum Gasteiger partial charge on any atom is -0.384 e. The van der Waals surface area contributed by atoms with Crippen LogP contribution in [0.15, 0.2) is 0 Å². The van der Waals surface area contributed by atoms with Gasteiger partial charge in [-0.2, -0.15) is 0 Å². The minimum atomic E-state index is -0.152. The summed E-state index contributed by atoms with van der Waals surface area (Å²) in [4.78, 5) is 14.9. The van der Waals surface area contributed by atoms with E-state index in [1.165, 1.54) is 32.1 Å². The second-order valence-corrected chi connectivity index (χ2v) is 7.11. The minimum absolute atomic E-state index is 0.152. The zero-order valence-corrected chi connectivity index (χ0v) is 12.7. The van der Waals surface area contributed by atoms with Crippen LogP contribution in [0.3, 0.4) is 0 Å². The Morgan fingerprint density at radius 3 is 2.50 bits per heavy atom. The average Bonchev–Trinajstić information content (AvgIpc) is 3.26. The number of nitrogens with zero attached hydrogens (tertiary/aromatic N) is 1. The molecular weight excluding hydrogens is 252 g/mol. The van der Waals surface area contributed by atoms with Crippen LogP contribution >= 0.6 is 0 Å². The molecule has 20 heavy (non-hydrogen) atoms. The Bertz CT molecular complexity index is 359. The van der Waals surface area contributed by atoms with Crippen molar-refractivity contribution in [2.75, 3.05) is 39.9 Å². The van der Waals surface area contributed by atoms with Crippen molar-refractivity contribution < 1.29 is 9.53 Å². The van der Waals surface area contributed by atoms with Gasteiger partial charge >= 0.3 is 0 Å². The smallest absolute Gasteiger partial charge is 0.231 e. The summed E-state index contributed by atoms with van der Waals surface area (Å²) >= 11 is 0. The van der Waals surface area contributed by atoms with Gasteiger partial charge in [-0.1, -0.05) is 0 Å². The lowest BCUT2D eigenvalue weighted by atomic mass is 9.73. The van der Waals surface area contributed by atoms with Crippen molar-refractivity contribution in [3.8, 4) is 0 Å². The van der Waals surface area contributed by atoms with Gasteiger partial charge in [0, 0.05) is 20.2 Å². The normalized spacial score (nSPS) is 28.1. The number of rotatable bonds is 3. The van der Waals surface area contributed by atoms with E-state index in [9.17, 15) is 4.79 Å². The summed E-state index contributed by atoms with van der Waals surface area (Å²) in [6.07, 6.45) is 8.29. The largest absolute Gasteiger partial charge is 0.384 e. The number of nitrogens with one attached hydrogen (secondary N) is 1. The first-order valence-electron chi connectivity index (χ1n) is 8.19. The molecule has 2 heterocycles. The Labute approximate surface area is 122 Å². The quantitative estimate of drug-likeness (QED) is 0.857. The van der Waals surface area contributed by atoms with E-state index in [0.29, 0.717) is 17.9 Å². The number of hydrogen-bond donors (Lipinski definition) is 1. The molecule has 0 bridgehead atoms. The summed E-state index contributed by atoms with van der Waals surface area (Å²) < 4.78 is 5.27. The molecule has 3 aliphatic rings. The first kappa shape index (κ1) is 14.3. The van der Waals surface area contributed by atoms with Gasteiger partial charge in [0.1, 0.15) is 0 Å². The predicted molar refractivity (Wildman–Crippen MR) is 78.5 cm³/mol. The van der Waals surface area contributed by atoms with Crippen LogP contribution in [0.4, 0.5) is 0 Å². The highest BCUT2D eigenvalue weighted by Gasteiger charge is 2.52. The summed E-state index contributed by atoms with van der Waals surface area (Å²) in [7, 11) is 1.71. The molecule has 0 radical (unpaired) electrons. The number of carbonyl (C=O) groups is 1. The summed E-state index contributed by atoms with van der Waals surface area (Å²) in [5, 5.41) is 3.46. The molecule has 2 saturated heterocycles. The Hall–Kier alpha value is -0.610. The lowest BCUT2D eigenvalue weighted by Crippen LogP contribution is -2.41. The van der Waals surface area contributed by atoms with Crippen LogP contribution in [0.1, 0.15) is 44.9 Å². The van der Waals surface area contributed by atoms with E-state index in [0.717, 1.165) is 39.0 Å². The van der Waals surface area contributed by atoms with Gasteiger partial charge in [-0.25, -0.2) is 0 Å². The van der Waals surface area contributed by atoms with Gasteiger partial charge in [-0.15, -0.1) is 0 Å². The van der Waals surface area contributed by atoms with E-state index in [-0.39, 0.29) is 5.41 Å². The number of likely N-dealkylation sites (tertiary alicyclic amines) is 1. The molecule has 0 aromatic heterocycles. The Balaban J connectivity index is 1.61. The van der Waals surface area contributed by atoms with Gasteiger partial charge in [-0.3, -0.25) is 4.79 Å². The van der Waals surface area contributed by atoms with Crippen molar-refractivity contribution in [1.82, 2.24) is 10.2 Å². The van der Waals surface area contributed by atoms with E-state index < -0.39 is 0 Å². The first-order valence-corrected chi connectivity index (χ1v) is 8.19. The SMILES string of the molecule is COCC1(C(=O)N2CCCC3(CCNCC3)CC2)CC1. The number of carbonyl (C=O) groups excluding carboxylic acids is 1. The summed E-state index contributed by atoms with van der Waals surface area (Å²) in [6.45, 7) is 4.84. The number of methoxy groups -OCH3 is 1. The highest BCUT2D eigenvalue weighted by molar-refractivity contribution is 5.85. The maximum Gasteiger partial charge on any atom is 0.231 e. The maximum atomic E-state index is 12.7. The van der Waals surface area contributed by atoms with Crippen LogP contribution in [0, 0.1) is 10.8 Å². The third-order valence-electron chi connectivity index (χ3n) is 5.73. The van der Waals surface area contributed by atoms with Crippen molar-refractivity contribution in [3.63, 3.8) is 0 Å². The van der Waals surface area contributed by atoms with Crippen LogP contribution < -0.4 is 5.32 Å². The molecule has 114 valence electrons. The fourth-order valence-electron chi connectivity index (χ4n) is 4.10. The number of amides is 1. The van der Waals surface area contributed by atoms with Crippen molar-refractivity contribution in [1.29, 1.82) is 0 Å². The molecule has 1 saturated carbocycles. The zero-order chi connectivity index (χ0) is 14.1. The number of ether oxygens (including phenoxy) is 1. The van der Waals surface area contributed by atoms with Crippen molar-refractivity contribution in [2.45, 2.75) is 44.9 Å². The molecule has 0 atom stereocenters. The van der Waals surface area contributed by atoms with Gasteiger partial charge in [0.2, 0.25) is 5.91 Å². The molecule has 1 spiro atoms. The van der Waals surface area contributed by atoms with E-state index in [4.69, 9.17) is 4.74 Å². The predicted octanol–water partition coefficient (Wildman–Crippen LogP) is 1.80. The van der Waals surface area contributed by atoms with Gasteiger partial charge in [0.15, 0.2) is 0 Å². The molecule has 3 rings (SSSR count). The highest BCUT2D eigenvalue weighted by Crippen LogP contribution is 2.48. The molecule has 0 unspecified atom stereocenters. The second-order valence-electron chi connectivity index (χ2n) is 7.11. The molecule has 1 aliphatic carbocycles. The fraction of sp³-hybridized carbons (Fsp3) is 0.938. The van der Waals surface area contributed by atoms with E-state index in [1.807, 2.05) is 0 Å². The topological polar surface area (TPSA) is 41.6 Å². The van der Waals surface area contributed by atoms with E-state index in [2.05, 4.69) is 10.2 Å². The third-order valence-corrected chi connectivity index (χ3v) is 5.73. The zero-order valence-electron chi connectivity index (χ0n) is 12.7. The van der Waals surface area contributed by atoms with Crippen LogP contribution in [-0.4, -0.2) is 50.7 Å². The fourth-order valence-corrected chi connectivity index (χ4v) is 4.10. The lowest BCUT2D eigenvalue weighted by Gasteiger charge is -2.37. The third kappa shape index (κ3) is 2.73. The molecule has 2 aliphatic heterocycles. The monoisotopic (exact) mass is 280 g/mol. The first-order chi connectivity index (χ1) is 9.70. The van der Waals surface area contributed by atoms with Crippen LogP contribution in [-0.2, 0) is 9.53 Å². The van der Waals surface area contributed by atoms with Crippen molar-refractivity contribution in [3.05, 3.63) is 0 Å². The van der Waals surface area contributed by atoms with E-state index in [1.54, 1.807) is 7.11 Å². The van der Waals surface area contributed by atoms with E-state index >= 15 is 0 Å². The van der Waals surface area contributed by atoms with Crippen LogP contribution in [0.5, 0.6) is 0 Å². The van der Waals surface area contributed by atoms with Crippen LogP contribution in [0.25, 0.3) is 0 Å². The van der Waals surface area contributed by atoms with Gasteiger partial charge in [0.05, 0.1) is 12.0 Å². The Morgan fingerprint density at radius 1 is 1.10 bits per heavy atom. The average molecular weight is 280 g/mol.